The summed E-state index contributed by atoms with van der Waals surface area (Å²) in [4.78, 5) is 25.4. The lowest BCUT2D eigenvalue weighted by atomic mass is 10.1. The number of likely N-dealkylation sites (N-methyl/N-ethyl adjacent to an activating group) is 1. The molecule has 0 radical (unpaired) electrons. The fourth-order valence-corrected chi connectivity index (χ4v) is 4.02. The van der Waals surface area contributed by atoms with Crippen LogP contribution in [0, 0.1) is 11.6 Å². The molecule has 0 bridgehead atoms. The number of halogens is 2. The van der Waals surface area contributed by atoms with Crippen molar-refractivity contribution < 1.29 is 28.5 Å². The lowest BCUT2D eigenvalue weighted by Gasteiger charge is -2.17. The van der Waals surface area contributed by atoms with Crippen molar-refractivity contribution in [2.75, 3.05) is 12.4 Å². The third-order valence-corrected chi connectivity index (χ3v) is 5.92. The second kappa shape index (κ2) is 9.57. The fraction of sp³-hybridized carbons (Fsp3) is 0.250. The highest BCUT2D eigenvalue weighted by Crippen LogP contribution is 2.34. The first-order valence-corrected chi connectivity index (χ1v) is 11.1. The molecular formula is C24H22F2N6O4. The zero-order chi connectivity index (χ0) is 25.4. The standard InChI is InChI=1S/C24H22F2N6O4/c1-27-23(35)19-17(33)18(34)24(36-19)32-11-29-16-21(28-10-12-5-3-2-4-6-12)30-20(31-22(16)32)13-7-8-14(25)15(26)9-13/h2-9,11,17-19,24,33-34H,10H2,1H3,(H,27,35)(H,28,30,31)/t17?,18?,19-,24?/m1/s1. The van der Waals surface area contributed by atoms with Gasteiger partial charge in [-0.3, -0.25) is 9.36 Å². The van der Waals surface area contributed by atoms with E-state index in [1.54, 1.807) is 0 Å². The summed E-state index contributed by atoms with van der Waals surface area (Å²) in [5.41, 5.74) is 1.67. The largest absolute Gasteiger partial charge is 0.387 e. The average molecular weight is 496 g/mol. The summed E-state index contributed by atoms with van der Waals surface area (Å²) in [5.74, 6) is -2.30. The summed E-state index contributed by atoms with van der Waals surface area (Å²) < 4.78 is 34.5. The van der Waals surface area contributed by atoms with E-state index in [2.05, 4.69) is 25.6 Å². The summed E-state index contributed by atoms with van der Waals surface area (Å²) in [6.45, 7) is 0.386. The van der Waals surface area contributed by atoms with Gasteiger partial charge in [0.15, 0.2) is 46.8 Å². The van der Waals surface area contributed by atoms with Gasteiger partial charge in [0.1, 0.15) is 12.2 Å². The minimum absolute atomic E-state index is 0.0644. The van der Waals surface area contributed by atoms with Crippen LogP contribution < -0.4 is 10.6 Å². The molecule has 4 N–H and O–H groups in total. The van der Waals surface area contributed by atoms with E-state index in [-0.39, 0.29) is 17.0 Å². The van der Waals surface area contributed by atoms with Crippen molar-refractivity contribution in [1.82, 2.24) is 24.8 Å². The maximum Gasteiger partial charge on any atom is 0.251 e. The number of amides is 1. The maximum absolute atomic E-state index is 14.0. The molecule has 4 aromatic rings. The number of fused-ring (bicyclic) bond motifs is 1. The van der Waals surface area contributed by atoms with E-state index in [4.69, 9.17) is 4.74 Å². The number of carbonyl (C=O) groups is 1. The number of anilines is 1. The molecular weight excluding hydrogens is 474 g/mol. The number of aromatic nitrogens is 4. The highest BCUT2D eigenvalue weighted by Gasteiger charge is 2.47. The molecule has 36 heavy (non-hydrogen) atoms. The van der Waals surface area contributed by atoms with Crippen LogP contribution >= 0.6 is 0 Å². The Hall–Kier alpha value is -4.00. The van der Waals surface area contributed by atoms with Crippen molar-refractivity contribution in [1.29, 1.82) is 0 Å². The Labute approximate surface area is 203 Å². The average Bonchev–Trinajstić information content (AvgIpc) is 3.45. The van der Waals surface area contributed by atoms with E-state index < -0.39 is 42.1 Å². The van der Waals surface area contributed by atoms with Gasteiger partial charge in [0.2, 0.25) is 0 Å². The molecule has 1 fully saturated rings. The van der Waals surface area contributed by atoms with Crippen molar-refractivity contribution in [3.05, 3.63) is 72.1 Å². The third kappa shape index (κ3) is 4.26. The molecule has 0 aliphatic carbocycles. The van der Waals surface area contributed by atoms with Gasteiger partial charge in [-0.2, -0.15) is 0 Å². The van der Waals surface area contributed by atoms with E-state index in [1.165, 1.54) is 24.0 Å². The Morgan fingerprint density at radius 3 is 2.58 bits per heavy atom. The van der Waals surface area contributed by atoms with Gasteiger partial charge in [0, 0.05) is 19.2 Å². The number of nitrogens with zero attached hydrogens (tertiary/aromatic N) is 4. The summed E-state index contributed by atoms with van der Waals surface area (Å²) in [6.07, 6.45) is -4.12. The number of ether oxygens (including phenoxy) is 1. The molecule has 12 heteroatoms. The predicted molar refractivity (Wildman–Crippen MR) is 124 cm³/mol. The Balaban J connectivity index is 1.59. The molecule has 3 unspecified atom stereocenters. The van der Waals surface area contributed by atoms with Gasteiger partial charge in [-0.1, -0.05) is 30.3 Å². The monoisotopic (exact) mass is 496 g/mol. The second-order valence-corrected chi connectivity index (χ2v) is 8.23. The highest BCUT2D eigenvalue weighted by atomic mass is 19.2. The number of carbonyl (C=O) groups excluding carboxylic acids is 1. The van der Waals surface area contributed by atoms with Gasteiger partial charge in [-0.15, -0.1) is 0 Å². The molecule has 2 aromatic carbocycles. The van der Waals surface area contributed by atoms with Crippen LogP contribution in [-0.4, -0.2) is 61.0 Å². The number of imidazole rings is 1. The number of aliphatic hydroxyl groups excluding tert-OH is 2. The Bertz CT molecular complexity index is 1420. The number of hydrogen-bond donors (Lipinski definition) is 4. The Kier molecular flexibility index (Phi) is 6.31. The van der Waals surface area contributed by atoms with E-state index in [9.17, 15) is 23.8 Å². The molecule has 3 heterocycles. The fourth-order valence-electron chi connectivity index (χ4n) is 4.02. The summed E-state index contributed by atoms with van der Waals surface area (Å²) in [5, 5.41) is 26.6. The van der Waals surface area contributed by atoms with Crippen molar-refractivity contribution in [2.24, 2.45) is 0 Å². The van der Waals surface area contributed by atoms with Crippen molar-refractivity contribution in [3.8, 4) is 11.4 Å². The van der Waals surface area contributed by atoms with Gasteiger partial charge in [0.05, 0.1) is 6.33 Å². The first-order valence-electron chi connectivity index (χ1n) is 11.1. The van der Waals surface area contributed by atoms with Crippen molar-refractivity contribution in [3.63, 3.8) is 0 Å². The topological polar surface area (TPSA) is 134 Å². The van der Waals surface area contributed by atoms with Crippen LogP contribution in [0.1, 0.15) is 11.8 Å². The van der Waals surface area contributed by atoms with Crippen molar-refractivity contribution in [2.45, 2.75) is 31.1 Å². The van der Waals surface area contributed by atoms with E-state index >= 15 is 0 Å². The van der Waals surface area contributed by atoms with Crippen molar-refractivity contribution >= 4 is 22.9 Å². The maximum atomic E-state index is 14.0. The van der Waals surface area contributed by atoms with E-state index in [0.29, 0.717) is 17.9 Å². The quantitative estimate of drug-likeness (QED) is 0.317. The van der Waals surface area contributed by atoms with Gasteiger partial charge in [-0.25, -0.2) is 23.7 Å². The zero-order valence-corrected chi connectivity index (χ0v) is 19.0. The molecule has 10 nitrogen and oxygen atoms in total. The van der Waals surface area contributed by atoms with Crippen LogP contribution in [0.25, 0.3) is 22.6 Å². The zero-order valence-electron chi connectivity index (χ0n) is 19.0. The SMILES string of the molecule is CNC(=O)[C@@H]1OC(n2cnc3c(NCc4ccccc4)nc(-c4ccc(F)c(F)c4)nc32)C(O)C1O. The smallest absolute Gasteiger partial charge is 0.251 e. The number of benzene rings is 2. The molecule has 2 aromatic heterocycles. The van der Waals surface area contributed by atoms with Crippen LogP contribution in [0.4, 0.5) is 14.6 Å². The Morgan fingerprint density at radius 1 is 1.08 bits per heavy atom. The van der Waals surface area contributed by atoms with Gasteiger partial charge in [-0.05, 0) is 23.8 Å². The first kappa shape index (κ1) is 23.7. The lowest BCUT2D eigenvalue weighted by Crippen LogP contribution is -2.41. The van der Waals surface area contributed by atoms with E-state index in [1.807, 2.05) is 30.3 Å². The molecule has 1 aliphatic heterocycles. The van der Waals surface area contributed by atoms with Crippen LogP contribution in [0.15, 0.2) is 54.9 Å². The molecule has 0 spiro atoms. The predicted octanol–water partition coefficient (Wildman–Crippen LogP) is 1.75. The first-order chi connectivity index (χ1) is 17.4. The summed E-state index contributed by atoms with van der Waals surface area (Å²) in [6, 6.07) is 12.8. The van der Waals surface area contributed by atoms with Gasteiger partial charge in [0.25, 0.3) is 5.91 Å². The molecule has 1 saturated heterocycles. The number of hydrogen-bond acceptors (Lipinski definition) is 8. The molecule has 5 rings (SSSR count). The Morgan fingerprint density at radius 2 is 1.86 bits per heavy atom. The minimum Gasteiger partial charge on any atom is -0.387 e. The normalized spacial score (nSPS) is 21.6. The highest BCUT2D eigenvalue weighted by molar-refractivity contribution is 5.85. The van der Waals surface area contributed by atoms with Crippen LogP contribution in [0.2, 0.25) is 0 Å². The molecule has 1 aliphatic rings. The molecule has 4 atom stereocenters. The van der Waals surface area contributed by atoms with Crippen LogP contribution in [0.5, 0.6) is 0 Å². The molecule has 186 valence electrons. The van der Waals surface area contributed by atoms with E-state index in [0.717, 1.165) is 17.7 Å². The van der Waals surface area contributed by atoms with Gasteiger partial charge >= 0.3 is 0 Å². The minimum atomic E-state index is -1.49. The van der Waals surface area contributed by atoms with Crippen LogP contribution in [0.3, 0.4) is 0 Å². The number of nitrogens with one attached hydrogen (secondary N) is 2. The lowest BCUT2D eigenvalue weighted by molar-refractivity contribution is -0.137. The molecule has 0 saturated carbocycles. The number of rotatable bonds is 6. The third-order valence-electron chi connectivity index (χ3n) is 5.92. The second-order valence-electron chi connectivity index (χ2n) is 8.23. The number of aliphatic hydroxyl groups is 2. The van der Waals surface area contributed by atoms with Gasteiger partial charge < -0.3 is 25.6 Å². The van der Waals surface area contributed by atoms with Crippen LogP contribution in [-0.2, 0) is 16.1 Å². The molecule has 1 amide bonds. The summed E-state index contributed by atoms with van der Waals surface area (Å²) >= 11 is 0. The summed E-state index contributed by atoms with van der Waals surface area (Å²) in [7, 11) is 1.39.